The van der Waals surface area contributed by atoms with Gasteiger partial charge in [0.1, 0.15) is 0 Å². The number of likely N-dealkylation sites (N-methyl/N-ethyl adjacent to an activating group) is 1. The predicted octanol–water partition coefficient (Wildman–Crippen LogP) is 2.42. The van der Waals surface area contributed by atoms with Crippen LogP contribution in [0.3, 0.4) is 0 Å². The lowest BCUT2D eigenvalue weighted by atomic mass is 10.0. The van der Waals surface area contributed by atoms with Crippen LogP contribution in [-0.2, 0) is 20.7 Å². The summed E-state index contributed by atoms with van der Waals surface area (Å²) in [4.78, 5) is 29.7. The molecule has 1 atom stereocenters. The predicted molar refractivity (Wildman–Crippen MR) is 126 cm³/mol. The Morgan fingerprint density at radius 2 is 1.72 bits per heavy atom. The Morgan fingerprint density at radius 3 is 2.44 bits per heavy atom. The molecule has 2 aliphatic rings. The third-order valence-corrected chi connectivity index (χ3v) is 6.24. The van der Waals surface area contributed by atoms with Gasteiger partial charge in [-0.05, 0) is 60.7 Å². The summed E-state index contributed by atoms with van der Waals surface area (Å²) >= 11 is 0. The van der Waals surface area contributed by atoms with Crippen molar-refractivity contribution in [3.63, 3.8) is 0 Å². The Labute approximate surface area is 189 Å². The molecule has 0 bridgehead atoms. The Balaban J connectivity index is 1.45. The number of fused-ring (bicyclic) bond motifs is 1. The van der Waals surface area contributed by atoms with Crippen LogP contribution in [0.4, 0.5) is 11.4 Å². The second kappa shape index (κ2) is 9.71. The fourth-order valence-corrected chi connectivity index (χ4v) is 4.65. The van der Waals surface area contributed by atoms with Crippen LogP contribution in [0.5, 0.6) is 0 Å². The third-order valence-electron chi connectivity index (χ3n) is 6.24. The van der Waals surface area contributed by atoms with Gasteiger partial charge in [-0.15, -0.1) is 0 Å². The van der Waals surface area contributed by atoms with E-state index in [2.05, 4.69) is 45.7 Å². The number of rotatable bonds is 5. The van der Waals surface area contributed by atoms with Crippen LogP contribution in [-0.4, -0.2) is 63.2 Å². The summed E-state index contributed by atoms with van der Waals surface area (Å²) in [6, 6.07) is 12.3. The van der Waals surface area contributed by atoms with Gasteiger partial charge in [0.25, 0.3) is 0 Å². The molecular weight excluding hydrogens is 404 g/mol. The van der Waals surface area contributed by atoms with Crippen molar-refractivity contribution in [1.29, 1.82) is 0 Å². The zero-order chi connectivity index (χ0) is 22.7. The number of nitrogens with one attached hydrogen (secondary N) is 2. The number of benzene rings is 2. The number of nitrogens with zero attached hydrogens (tertiary/aromatic N) is 2. The van der Waals surface area contributed by atoms with Gasteiger partial charge >= 0.3 is 11.8 Å². The average Bonchev–Trinajstić information content (AvgIpc) is 3.14. The van der Waals surface area contributed by atoms with Crippen molar-refractivity contribution in [3.05, 3.63) is 58.7 Å². The maximum atomic E-state index is 12.6. The lowest BCUT2D eigenvalue weighted by Gasteiger charge is -2.35. The average molecular weight is 437 g/mol. The minimum absolute atomic E-state index is 0.00642. The molecule has 4 rings (SSSR count). The number of amides is 2. The molecule has 0 aliphatic carbocycles. The van der Waals surface area contributed by atoms with Crippen LogP contribution in [0, 0.1) is 13.8 Å². The monoisotopic (exact) mass is 436 g/mol. The van der Waals surface area contributed by atoms with Crippen LogP contribution < -0.4 is 15.5 Å². The van der Waals surface area contributed by atoms with Gasteiger partial charge in [-0.1, -0.05) is 18.2 Å². The first-order valence-corrected chi connectivity index (χ1v) is 11.2. The number of aryl methyl sites for hydroxylation is 2. The van der Waals surface area contributed by atoms with Crippen molar-refractivity contribution >= 4 is 23.2 Å². The Bertz CT molecular complexity index is 980. The molecule has 0 saturated carbocycles. The fourth-order valence-electron chi connectivity index (χ4n) is 4.65. The lowest BCUT2D eigenvalue weighted by Crippen LogP contribution is -2.45. The molecule has 2 aliphatic heterocycles. The molecule has 0 aromatic heterocycles. The smallest absolute Gasteiger partial charge is 0.313 e. The molecule has 0 unspecified atom stereocenters. The van der Waals surface area contributed by atoms with Crippen LogP contribution >= 0.6 is 0 Å². The van der Waals surface area contributed by atoms with Crippen molar-refractivity contribution in [2.24, 2.45) is 0 Å². The van der Waals surface area contributed by atoms with E-state index in [1.807, 2.05) is 32.0 Å². The van der Waals surface area contributed by atoms with E-state index in [1.54, 1.807) is 0 Å². The number of ether oxygens (including phenoxy) is 1. The molecule has 0 spiro atoms. The summed E-state index contributed by atoms with van der Waals surface area (Å²) in [6.45, 7) is 8.26. The molecule has 1 fully saturated rings. The van der Waals surface area contributed by atoms with Crippen molar-refractivity contribution in [2.75, 3.05) is 56.7 Å². The summed E-state index contributed by atoms with van der Waals surface area (Å²) < 4.78 is 5.52. The summed E-state index contributed by atoms with van der Waals surface area (Å²) in [5.74, 6) is -1.27. The first kappa shape index (κ1) is 22.3. The van der Waals surface area contributed by atoms with E-state index in [4.69, 9.17) is 4.74 Å². The highest BCUT2D eigenvalue weighted by Crippen LogP contribution is 2.31. The van der Waals surface area contributed by atoms with Crippen molar-refractivity contribution in [3.8, 4) is 0 Å². The van der Waals surface area contributed by atoms with E-state index in [0.717, 1.165) is 42.7 Å². The van der Waals surface area contributed by atoms with Crippen LogP contribution in [0.15, 0.2) is 36.4 Å². The molecule has 170 valence electrons. The second-order valence-corrected chi connectivity index (χ2v) is 8.76. The number of hydrogen-bond acceptors (Lipinski definition) is 5. The van der Waals surface area contributed by atoms with Gasteiger partial charge in [-0.3, -0.25) is 14.5 Å². The number of anilines is 2. The molecule has 7 heteroatoms. The van der Waals surface area contributed by atoms with Gasteiger partial charge in [0.15, 0.2) is 0 Å². The zero-order valence-electron chi connectivity index (χ0n) is 19.1. The highest BCUT2D eigenvalue weighted by molar-refractivity contribution is 6.39. The number of carbonyl (C=O) groups is 2. The molecular formula is C25H32N4O3. The topological polar surface area (TPSA) is 73.9 Å². The third kappa shape index (κ3) is 5.11. The SMILES string of the molecule is Cc1cc(C)cc(NC(=O)C(=O)NC[C@H](c2ccc3c(c2)CCN3C)N2CCOCC2)c1. The maximum Gasteiger partial charge on any atom is 0.313 e. The molecule has 2 aromatic carbocycles. The van der Waals surface area contributed by atoms with Crippen LogP contribution in [0.25, 0.3) is 0 Å². The van der Waals surface area contributed by atoms with Gasteiger partial charge in [0.05, 0.1) is 19.3 Å². The van der Waals surface area contributed by atoms with Gasteiger partial charge in [-0.2, -0.15) is 0 Å². The highest BCUT2D eigenvalue weighted by atomic mass is 16.5. The number of morpholine rings is 1. The highest BCUT2D eigenvalue weighted by Gasteiger charge is 2.26. The van der Waals surface area contributed by atoms with E-state index in [0.29, 0.717) is 25.4 Å². The van der Waals surface area contributed by atoms with Gasteiger partial charge in [-0.25, -0.2) is 0 Å². The number of carbonyl (C=O) groups excluding carboxylic acids is 2. The van der Waals surface area contributed by atoms with E-state index in [-0.39, 0.29) is 6.04 Å². The fraction of sp³-hybridized carbons (Fsp3) is 0.440. The Kier molecular flexibility index (Phi) is 6.77. The molecule has 1 saturated heterocycles. The van der Waals surface area contributed by atoms with Crippen molar-refractivity contribution < 1.29 is 14.3 Å². The first-order chi connectivity index (χ1) is 15.4. The molecule has 2 heterocycles. The molecule has 2 N–H and O–H groups in total. The molecule has 0 radical (unpaired) electrons. The second-order valence-electron chi connectivity index (χ2n) is 8.76. The summed E-state index contributed by atoms with van der Waals surface area (Å²) in [7, 11) is 2.11. The normalized spacial score (nSPS) is 17.0. The summed E-state index contributed by atoms with van der Waals surface area (Å²) in [6.07, 6.45) is 1.03. The first-order valence-electron chi connectivity index (χ1n) is 11.2. The summed E-state index contributed by atoms with van der Waals surface area (Å²) in [5, 5.41) is 5.58. The molecule has 32 heavy (non-hydrogen) atoms. The van der Waals surface area contributed by atoms with Crippen molar-refractivity contribution in [1.82, 2.24) is 10.2 Å². The summed E-state index contributed by atoms with van der Waals surface area (Å²) in [5.41, 5.74) is 6.48. The largest absolute Gasteiger partial charge is 0.379 e. The minimum atomic E-state index is -0.647. The van der Waals surface area contributed by atoms with Crippen molar-refractivity contribution in [2.45, 2.75) is 26.3 Å². The standard InChI is InChI=1S/C25H32N4O3/c1-17-12-18(2)14-21(13-17)27-25(31)24(30)26-16-23(29-8-10-32-11-9-29)19-4-5-22-20(15-19)6-7-28(22)3/h4-5,12-15,23H,6-11,16H2,1-3H3,(H,26,30)(H,27,31)/t23-/m1/s1. The molecule has 2 aromatic rings. The van der Waals surface area contributed by atoms with Crippen LogP contribution in [0.2, 0.25) is 0 Å². The Hall–Kier alpha value is -2.90. The van der Waals surface area contributed by atoms with E-state index >= 15 is 0 Å². The Morgan fingerprint density at radius 1 is 1.00 bits per heavy atom. The van der Waals surface area contributed by atoms with E-state index < -0.39 is 11.8 Å². The lowest BCUT2D eigenvalue weighted by molar-refractivity contribution is -0.136. The quantitative estimate of drug-likeness (QED) is 0.705. The van der Waals surface area contributed by atoms with Gasteiger partial charge in [0.2, 0.25) is 0 Å². The minimum Gasteiger partial charge on any atom is -0.379 e. The van der Waals surface area contributed by atoms with E-state index in [1.165, 1.54) is 11.3 Å². The maximum absolute atomic E-state index is 12.6. The van der Waals surface area contributed by atoms with E-state index in [9.17, 15) is 9.59 Å². The molecule has 7 nitrogen and oxygen atoms in total. The zero-order valence-corrected chi connectivity index (χ0v) is 19.1. The van der Waals surface area contributed by atoms with Gasteiger partial charge in [0, 0.05) is 44.6 Å². The van der Waals surface area contributed by atoms with Crippen LogP contribution in [0.1, 0.15) is 28.3 Å². The van der Waals surface area contributed by atoms with Gasteiger partial charge < -0.3 is 20.3 Å². The molecule has 2 amide bonds. The number of hydrogen-bond donors (Lipinski definition) is 2.